The van der Waals surface area contributed by atoms with Crippen LogP contribution in [0.25, 0.3) is 0 Å². The molecule has 24 heavy (non-hydrogen) atoms. The normalized spacial score (nSPS) is 12.5. The molecule has 3 aromatic carbocycles. The zero-order chi connectivity index (χ0) is 16.5. The van der Waals surface area contributed by atoms with E-state index >= 15 is 0 Å². The summed E-state index contributed by atoms with van der Waals surface area (Å²) in [4.78, 5) is 25.5. The van der Waals surface area contributed by atoms with Crippen molar-refractivity contribution >= 4 is 11.6 Å². The van der Waals surface area contributed by atoms with Crippen LogP contribution in [0.4, 0.5) is 0 Å². The SMILES string of the molecule is O=C1c2ccccc2C(=O)c2c(OCc3ccccc3)cccc21. The maximum absolute atomic E-state index is 12.9. The molecule has 0 amide bonds. The number of benzene rings is 3. The number of carbonyl (C=O) groups is 2. The predicted molar refractivity (Wildman–Crippen MR) is 90.5 cm³/mol. The van der Waals surface area contributed by atoms with E-state index in [9.17, 15) is 9.59 Å². The number of fused-ring (bicyclic) bond motifs is 2. The summed E-state index contributed by atoms with van der Waals surface area (Å²) in [7, 11) is 0. The molecule has 0 N–H and O–H groups in total. The molecule has 0 unspecified atom stereocenters. The fraction of sp³-hybridized carbons (Fsp3) is 0.0476. The lowest BCUT2D eigenvalue weighted by Gasteiger charge is -2.20. The number of carbonyl (C=O) groups excluding carboxylic acids is 2. The lowest BCUT2D eigenvalue weighted by molar-refractivity contribution is 0.0975. The highest BCUT2D eigenvalue weighted by molar-refractivity contribution is 6.29. The average molecular weight is 314 g/mol. The van der Waals surface area contributed by atoms with Crippen LogP contribution in [0.3, 0.4) is 0 Å². The van der Waals surface area contributed by atoms with E-state index in [1.807, 2.05) is 30.3 Å². The number of rotatable bonds is 3. The Bertz CT molecular complexity index is 942. The molecule has 3 heteroatoms. The Labute approximate surface area is 139 Å². The summed E-state index contributed by atoms with van der Waals surface area (Å²) in [5, 5.41) is 0. The maximum atomic E-state index is 12.9. The molecule has 0 spiro atoms. The van der Waals surface area contributed by atoms with Crippen LogP contribution in [0.1, 0.15) is 37.4 Å². The van der Waals surface area contributed by atoms with E-state index < -0.39 is 0 Å². The smallest absolute Gasteiger partial charge is 0.198 e. The van der Waals surface area contributed by atoms with Gasteiger partial charge in [-0.3, -0.25) is 9.59 Å². The van der Waals surface area contributed by atoms with Crippen LogP contribution in [0.2, 0.25) is 0 Å². The van der Waals surface area contributed by atoms with Gasteiger partial charge in [-0.05, 0) is 11.6 Å². The molecule has 0 aromatic heterocycles. The summed E-state index contributed by atoms with van der Waals surface area (Å²) in [6.07, 6.45) is 0. The highest BCUT2D eigenvalue weighted by atomic mass is 16.5. The lowest BCUT2D eigenvalue weighted by Crippen LogP contribution is -2.21. The van der Waals surface area contributed by atoms with E-state index in [1.54, 1.807) is 42.5 Å². The predicted octanol–water partition coefficient (Wildman–Crippen LogP) is 4.04. The van der Waals surface area contributed by atoms with Crippen LogP contribution in [0.5, 0.6) is 5.75 Å². The van der Waals surface area contributed by atoms with Gasteiger partial charge in [0.2, 0.25) is 0 Å². The van der Waals surface area contributed by atoms with Gasteiger partial charge in [-0.2, -0.15) is 0 Å². The minimum absolute atomic E-state index is 0.134. The van der Waals surface area contributed by atoms with Crippen molar-refractivity contribution in [2.75, 3.05) is 0 Å². The highest BCUT2D eigenvalue weighted by Gasteiger charge is 2.31. The van der Waals surface area contributed by atoms with Crippen LogP contribution >= 0.6 is 0 Å². The van der Waals surface area contributed by atoms with E-state index in [4.69, 9.17) is 4.74 Å². The summed E-state index contributed by atoms with van der Waals surface area (Å²) in [5.41, 5.74) is 2.66. The van der Waals surface area contributed by atoms with Crippen molar-refractivity contribution in [2.24, 2.45) is 0 Å². The van der Waals surface area contributed by atoms with Crippen LogP contribution in [0.15, 0.2) is 72.8 Å². The van der Waals surface area contributed by atoms with E-state index in [2.05, 4.69) is 0 Å². The fourth-order valence-electron chi connectivity index (χ4n) is 2.97. The van der Waals surface area contributed by atoms with Crippen molar-refractivity contribution in [1.82, 2.24) is 0 Å². The fourth-order valence-corrected chi connectivity index (χ4v) is 2.97. The summed E-state index contributed by atoms with van der Waals surface area (Å²) >= 11 is 0. The second-order valence-electron chi connectivity index (χ2n) is 5.66. The van der Waals surface area contributed by atoms with Gasteiger partial charge in [-0.15, -0.1) is 0 Å². The van der Waals surface area contributed by atoms with Gasteiger partial charge in [0.15, 0.2) is 11.6 Å². The molecule has 0 bridgehead atoms. The summed E-state index contributed by atoms with van der Waals surface area (Å²) in [5.74, 6) is 0.151. The summed E-state index contributed by atoms with van der Waals surface area (Å²) in [6.45, 7) is 0.348. The van der Waals surface area contributed by atoms with Gasteiger partial charge < -0.3 is 4.74 Å². The molecule has 1 aliphatic carbocycles. The van der Waals surface area contributed by atoms with Crippen molar-refractivity contribution in [3.05, 3.63) is 101 Å². The quantitative estimate of drug-likeness (QED) is 0.573. The summed E-state index contributed by atoms with van der Waals surface area (Å²) in [6, 6.07) is 21.8. The molecule has 0 saturated heterocycles. The Morgan fingerprint density at radius 1 is 0.625 bits per heavy atom. The third kappa shape index (κ3) is 2.31. The van der Waals surface area contributed by atoms with Gasteiger partial charge in [0.05, 0.1) is 5.56 Å². The van der Waals surface area contributed by atoms with Crippen molar-refractivity contribution < 1.29 is 14.3 Å². The van der Waals surface area contributed by atoms with Crippen LogP contribution in [-0.2, 0) is 6.61 Å². The van der Waals surface area contributed by atoms with Crippen molar-refractivity contribution in [1.29, 1.82) is 0 Å². The molecule has 0 atom stereocenters. The molecular weight excluding hydrogens is 300 g/mol. The summed E-state index contributed by atoms with van der Waals surface area (Å²) < 4.78 is 5.85. The second kappa shape index (κ2) is 5.78. The van der Waals surface area contributed by atoms with E-state index in [0.717, 1.165) is 5.56 Å². The molecule has 1 aliphatic rings. The molecule has 116 valence electrons. The topological polar surface area (TPSA) is 43.4 Å². The van der Waals surface area contributed by atoms with E-state index in [-0.39, 0.29) is 11.6 Å². The van der Waals surface area contributed by atoms with Crippen LogP contribution in [-0.4, -0.2) is 11.6 Å². The van der Waals surface area contributed by atoms with Crippen LogP contribution in [0, 0.1) is 0 Å². The third-order valence-electron chi connectivity index (χ3n) is 4.15. The number of hydrogen-bond acceptors (Lipinski definition) is 3. The zero-order valence-electron chi connectivity index (χ0n) is 12.9. The maximum Gasteiger partial charge on any atom is 0.198 e. The zero-order valence-corrected chi connectivity index (χ0v) is 12.9. The van der Waals surface area contributed by atoms with Crippen molar-refractivity contribution in [3.63, 3.8) is 0 Å². The highest BCUT2D eigenvalue weighted by Crippen LogP contribution is 2.33. The first-order valence-electron chi connectivity index (χ1n) is 7.74. The molecule has 4 rings (SSSR count). The molecular formula is C21H14O3. The van der Waals surface area contributed by atoms with Gasteiger partial charge in [0.25, 0.3) is 0 Å². The second-order valence-corrected chi connectivity index (χ2v) is 5.66. The van der Waals surface area contributed by atoms with Gasteiger partial charge in [-0.1, -0.05) is 66.7 Å². The van der Waals surface area contributed by atoms with Gasteiger partial charge >= 0.3 is 0 Å². The molecule has 0 fully saturated rings. The minimum atomic E-state index is -0.163. The Morgan fingerprint density at radius 3 is 2.00 bits per heavy atom. The first kappa shape index (κ1) is 14.4. The third-order valence-corrected chi connectivity index (χ3v) is 4.15. The standard InChI is InChI=1S/C21H14O3/c22-20-15-9-4-5-10-16(15)21(23)19-17(20)11-6-12-18(19)24-13-14-7-2-1-3-8-14/h1-12H,13H2. The Kier molecular flexibility index (Phi) is 3.47. The molecule has 0 heterocycles. The van der Waals surface area contributed by atoms with Gasteiger partial charge in [0.1, 0.15) is 12.4 Å². The van der Waals surface area contributed by atoms with Gasteiger partial charge in [-0.25, -0.2) is 0 Å². The van der Waals surface area contributed by atoms with Crippen LogP contribution < -0.4 is 4.74 Å². The molecule has 0 radical (unpaired) electrons. The average Bonchev–Trinajstić information content (AvgIpc) is 2.65. The Morgan fingerprint density at radius 2 is 1.25 bits per heavy atom. The molecule has 0 saturated carbocycles. The van der Waals surface area contributed by atoms with Crippen molar-refractivity contribution in [3.8, 4) is 5.75 Å². The first-order valence-corrected chi connectivity index (χ1v) is 7.74. The number of hydrogen-bond donors (Lipinski definition) is 0. The number of ketones is 2. The number of ether oxygens (including phenoxy) is 1. The monoisotopic (exact) mass is 314 g/mol. The molecule has 3 nitrogen and oxygen atoms in total. The molecule has 0 aliphatic heterocycles. The van der Waals surface area contributed by atoms with Crippen molar-refractivity contribution in [2.45, 2.75) is 6.61 Å². The molecule has 3 aromatic rings. The lowest BCUT2D eigenvalue weighted by atomic mass is 9.83. The Hall–Kier alpha value is -3.20. The van der Waals surface area contributed by atoms with E-state index in [0.29, 0.717) is 34.6 Å². The Balaban J connectivity index is 1.74. The largest absolute Gasteiger partial charge is 0.488 e. The van der Waals surface area contributed by atoms with Gasteiger partial charge in [0, 0.05) is 16.7 Å². The minimum Gasteiger partial charge on any atom is -0.488 e. The van der Waals surface area contributed by atoms with E-state index in [1.165, 1.54) is 0 Å². The first-order chi connectivity index (χ1) is 11.8.